The van der Waals surface area contributed by atoms with E-state index in [2.05, 4.69) is 60.7 Å². The van der Waals surface area contributed by atoms with Crippen molar-refractivity contribution < 1.29 is 4.74 Å². The number of rotatable bonds is 5. The standard InChI is InChI=1S/C18H37NO/c1-14-9-15(11-17(5,6)10-14)20-13-18(7,8)12-19-16(2,3)4/h14-15,19H,9-13H2,1-8H3. The third-order valence-electron chi connectivity index (χ3n) is 4.15. The fourth-order valence-electron chi connectivity index (χ4n) is 3.28. The lowest BCUT2D eigenvalue weighted by atomic mass is 9.71. The van der Waals surface area contributed by atoms with Crippen molar-refractivity contribution in [2.75, 3.05) is 13.2 Å². The molecule has 120 valence electrons. The van der Waals surface area contributed by atoms with Crippen molar-refractivity contribution in [3.63, 3.8) is 0 Å². The molecule has 0 aromatic carbocycles. The summed E-state index contributed by atoms with van der Waals surface area (Å²) in [5.41, 5.74) is 0.812. The molecule has 0 radical (unpaired) electrons. The minimum Gasteiger partial charge on any atom is -0.378 e. The molecule has 0 saturated heterocycles. The SMILES string of the molecule is CC1CC(OCC(C)(C)CNC(C)(C)C)CC(C)(C)C1. The van der Waals surface area contributed by atoms with Crippen molar-refractivity contribution in [3.05, 3.63) is 0 Å². The molecule has 2 unspecified atom stereocenters. The number of nitrogens with one attached hydrogen (secondary N) is 1. The van der Waals surface area contributed by atoms with Crippen molar-refractivity contribution in [2.45, 2.75) is 86.3 Å². The molecule has 1 N–H and O–H groups in total. The van der Waals surface area contributed by atoms with Gasteiger partial charge in [-0.25, -0.2) is 0 Å². The van der Waals surface area contributed by atoms with Gasteiger partial charge in [0.25, 0.3) is 0 Å². The van der Waals surface area contributed by atoms with Crippen LogP contribution in [0.1, 0.15) is 74.7 Å². The van der Waals surface area contributed by atoms with Gasteiger partial charge in [0.2, 0.25) is 0 Å². The third kappa shape index (κ3) is 7.08. The van der Waals surface area contributed by atoms with Gasteiger partial charge in [-0.05, 0) is 51.4 Å². The van der Waals surface area contributed by atoms with Gasteiger partial charge in [-0.3, -0.25) is 0 Å². The van der Waals surface area contributed by atoms with E-state index in [0.29, 0.717) is 11.5 Å². The highest BCUT2D eigenvalue weighted by molar-refractivity contribution is 4.84. The van der Waals surface area contributed by atoms with Crippen LogP contribution < -0.4 is 5.32 Å². The number of ether oxygens (including phenoxy) is 1. The van der Waals surface area contributed by atoms with Crippen molar-refractivity contribution >= 4 is 0 Å². The predicted octanol–water partition coefficient (Wildman–Crippen LogP) is 4.63. The summed E-state index contributed by atoms with van der Waals surface area (Å²) in [4.78, 5) is 0. The van der Waals surface area contributed by atoms with E-state index in [0.717, 1.165) is 19.1 Å². The van der Waals surface area contributed by atoms with Crippen LogP contribution in [-0.4, -0.2) is 24.8 Å². The smallest absolute Gasteiger partial charge is 0.0583 e. The third-order valence-corrected chi connectivity index (χ3v) is 4.15. The Morgan fingerprint density at radius 3 is 2.20 bits per heavy atom. The van der Waals surface area contributed by atoms with E-state index in [-0.39, 0.29) is 11.0 Å². The molecule has 1 saturated carbocycles. The maximum absolute atomic E-state index is 6.28. The largest absolute Gasteiger partial charge is 0.378 e. The van der Waals surface area contributed by atoms with Crippen molar-refractivity contribution in [1.29, 1.82) is 0 Å². The van der Waals surface area contributed by atoms with Crippen LogP contribution in [0.25, 0.3) is 0 Å². The highest BCUT2D eigenvalue weighted by atomic mass is 16.5. The van der Waals surface area contributed by atoms with E-state index < -0.39 is 0 Å². The Morgan fingerprint density at radius 2 is 1.70 bits per heavy atom. The van der Waals surface area contributed by atoms with Gasteiger partial charge >= 0.3 is 0 Å². The molecule has 1 fully saturated rings. The topological polar surface area (TPSA) is 21.3 Å². The molecule has 2 heteroatoms. The molecule has 0 aromatic heterocycles. The summed E-state index contributed by atoms with van der Waals surface area (Å²) < 4.78 is 6.28. The summed E-state index contributed by atoms with van der Waals surface area (Å²) in [5, 5.41) is 3.59. The average molecular weight is 284 g/mol. The fourth-order valence-corrected chi connectivity index (χ4v) is 3.28. The van der Waals surface area contributed by atoms with E-state index in [1.807, 2.05) is 0 Å². The first-order chi connectivity index (χ1) is 8.89. The fraction of sp³-hybridized carbons (Fsp3) is 1.00. The molecule has 0 aliphatic heterocycles. The van der Waals surface area contributed by atoms with E-state index in [4.69, 9.17) is 4.74 Å². The van der Waals surface area contributed by atoms with Gasteiger partial charge in [-0.1, -0.05) is 34.6 Å². The van der Waals surface area contributed by atoms with Crippen molar-refractivity contribution in [2.24, 2.45) is 16.7 Å². The van der Waals surface area contributed by atoms with Gasteiger partial charge in [0.05, 0.1) is 12.7 Å². The highest BCUT2D eigenvalue weighted by Gasteiger charge is 2.33. The molecule has 20 heavy (non-hydrogen) atoms. The Bertz CT molecular complexity index is 301. The van der Waals surface area contributed by atoms with Gasteiger partial charge < -0.3 is 10.1 Å². The molecule has 0 spiro atoms. The first-order valence-electron chi connectivity index (χ1n) is 8.25. The van der Waals surface area contributed by atoms with Crippen LogP contribution in [0.5, 0.6) is 0 Å². The summed E-state index contributed by atoms with van der Waals surface area (Å²) in [6, 6.07) is 0. The Kier molecular flexibility index (Phi) is 5.71. The first-order valence-corrected chi connectivity index (χ1v) is 8.25. The summed E-state index contributed by atoms with van der Waals surface area (Å²) in [5.74, 6) is 0.791. The second-order valence-electron chi connectivity index (χ2n) is 9.61. The van der Waals surface area contributed by atoms with Crippen LogP contribution in [0.3, 0.4) is 0 Å². The van der Waals surface area contributed by atoms with E-state index in [1.165, 1.54) is 19.3 Å². The zero-order valence-electron chi connectivity index (χ0n) is 15.1. The molecule has 1 rings (SSSR count). The van der Waals surface area contributed by atoms with Crippen LogP contribution in [0, 0.1) is 16.7 Å². The molecule has 0 aromatic rings. The minimum atomic E-state index is 0.179. The molecule has 0 amide bonds. The maximum Gasteiger partial charge on any atom is 0.0583 e. The molecule has 1 aliphatic rings. The minimum absolute atomic E-state index is 0.179. The first kappa shape index (κ1) is 18.0. The van der Waals surface area contributed by atoms with Crippen LogP contribution in [0.15, 0.2) is 0 Å². The van der Waals surface area contributed by atoms with Crippen LogP contribution >= 0.6 is 0 Å². The van der Waals surface area contributed by atoms with E-state index >= 15 is 0 Å². The van der Waals surface area contributed by atoms with E-state index in [1.54, 1.807) is 0 Å². The maximum atomic E-state index is 6.28. The molecular formula is C18H37NO. The predicted molar refractivity (Wildman–Crippen MR) is 88.1 cm³/mol. The highest BCUT2D eigenvalue weighted by Crippen LogP contribution is 2.40. The lowest BCUT2D eigenvalue weighted by molar-refractivity contribution is -0.0520. The normalized spacial score (nSPS) is 27.6. The summed E-state index contributed by atoms with van der Waals surface area (Å²) in [6.07, 6.45) is 4.22. The second kappa shape index (κ2) is 6.36. The van der Waals surface area contributed by atoms with Crippen LogP contribution in [0.4, 0.5) is 0 Å². The van der Waals surface area contributed by atoms with Crippen LogP contribution in [0.2, 0.25) is 0 Å². The molecular weight excluding hydrogens is 246 g/mol. The quantitative estimate of drug-likeness (QED) is 0.794. The van der Waals surface area contributed by atoms with E-state index in [9.17, 15) is 0 Å². The molecule has 0 bridgehead atoms. The monoisotopic (exact) mass is 283 g/mol. The summed E-state index contributed by atoms with van der Waals surface area (Å²) in [7, 11) is 0. The van der Waals surface area contributed by atoms with Gasteiger partial charge in [0.15, 0.2) is 0 Å². The lowest BCUT2D eigenvalue weighted by Gasteiger charge is -2.40. The van der Waals surface area contributed by atoms with Gasteiger partial charge in [0, 0.05) is 17.5 Å². The second-order valence-corrected chi connectivity index (χ2v) is 9.61. The Balaban J connectivity index is 2.41. The molecule has 1 aliphatic carbocycles. The van der Waals surface area contributed by atoms with Crippen molar-refractivity contribution in [1.82, 2.24) is 5.32 Å². The van der Waals surface area contributed by atoms with Gasteiger partial charge in [-0.15, -0.1) is 0 Å². The average Bonchev–Trinajstić information content (AvgIpc) is 2.20. The molecule has 2 nitrogen and oxygen atoms in total. The number of hydrogen-bond donors (Lipinski definition) is 1. The molecule has 2 atom stereocenters. The van der Waals surface area contributed by atoms with Crippen LogP contribution in [-0.2, 0) is 4.74 Å². The van der Waals surface area contributed by atoms with Gasteiger partial charge in [-0.2, -0.15) is 0 Å². The molecule has 0 heterocycles. The van der Waals surface area contributed by atoms with Gasteiger partial charge in [0.1, 0.15) is 0 Å². The summed E-state index contributed by atoms with van der Waals surface area (Å²) in [6.45, 7) is 20.2. The Morgan fingerprint density at radius 1 is 1.10 bits per heavy atom. The summed E-state index contributed by atoms with van der Waals surface area (Å²) >= 11 is 0. The zero-order chi connectivity index (χ0) is 15.6. The lowest BCUT2D eigenvalue weighted by Crippen LogP contribution is -2.44. The Hall–Kier alpha value is -0.0800. The zero-order valence-corrected chi connectivity index (χ0v) is 15.1. The van der Waals surface area contributed by atoms with Crippen molar-refractivity contribution in [3.8, 4) is 0 Å². The number of hydrogen-bond acceptors (Lipinski definition) is 2. The Labute approximate surface area is 127 Å².